The average Bonchev–Trinajstić information content (AvgIpc) is 3.20. The summed E-state index contributed by atoms with van der Waals surface area (Å²) in [5.74, 6) is -2.56. The highest BCUT2D eigenvalue weighted by molar-refractivity contribution is 5.76. The van der Waals surface area contributed by atoms with Gasteiger partial charge in [-0.3, -0.25) is 9.78 Å². The highest BCUT2D eigenvalue weighted by Gasteiger charge is 2.38. The number of carbonyl (C=O) groups is 2. The molecule has 0 atom stereocenters. The van der Waals surface area contributed by atoms with E-state index in [4.69, 9.17) is 14.4 Å². The fraction of sp³-hybridized carbons (Fsp3) is 0.200. The largest absolute Gasteiger partial charge is 0.490 e. The van der Waals surface area contributed by atoms with Crippen molar-refractivity contribution in [2.24, 2.45) is 0 Å². The number of pyridine rings is 1. The standard InChI is InChI=1S/C18H16FN3O2.C2HF3O2/c19-16-4-1-14(2-5-16)18-15(12-22-24-18)3-6-17(23)21-11-13-7-9-20-10-8-13;3-2(4,5)1(6)7/h1-2,4-5,7-10,12H,3,6,11H2,(H,21,23);(H,6,7). The van der Waals surface area contributed by atoms with Crippen molar-refractivity contribution in [1.82, 2.24) is 15.5 Å². The molecule has 0 fully saturated rings. The van der Waals surface area contributed by atoms with Crippen LogP contribution < -0.4 is 5.32 Å². The molecule has 2 heterocycles. The molecule has 0 radical (unpaired) electrons. The third kappa shape index (κ3) is 7.88. The molecule has 2 N–H and O–H groups in total. The van der Waals surface area contributed by atoms with Crippen molar-refractivity contribution in [3.05, 3.63) is 71.9 Å². The number of carboxylic acids is 1. The molecule has 0 saturated heterocycles. The van der Waals surface area contributed by atoms with Crippen molar-refractivity contribution in [3.8, 4) is 11.3 Å². The Morgan fingerprint density at radius 1 is 1.06 bits per heavy atom. The lowest BCUT2D eigenvalue weighted by atomic mass is 10.1. The molecular formula is C20H17F4N3O4. The van der Waals surface area contributed by atoms with Gasteiger partial charge in [0.2, 0.25) is 5.91 Å². The van der Waals surface area contributed by atoms with Crippen LogP contribution in [0.5, 0.6) is 0 Å². The second-order valence-electron chi connectivity index (χ2n) is 6.12. The van der Waals surface area contributed by atoms with Crippen LogP contribution in [-0.2, 0) is 22.6 Å². The van der Waals surface area contributed by atoms with E-state index in [1.165, 1.54) is 12.1 Å². The van der Waals surface area contributed by atoms with Gasteiger partial charge in [0.15, 0.2) is 5.76 Å². The Labute approximate surface area is 173 Å². The number of nitrogens with zero attached hydrogens (tertiary/aromatic N) is 2. The van der Waals surface area contributed by atoms with E-state index >= 15 is 0 Å². The van der Waals surface area contributed by atoms with Gasteiger partial charge in [-0.25, -0.2) is 9.18 Å². The molecule has 0 aliphatic carbocycles. The van der Waals surface area contributed by atoms with Crippen LogP contribution in [0.1, 0.15) is 17.5 Å². The second kappa shape index (κ2) is 10.9. The SMILES string of the molecule is O=C(CCc1cnoc1-c1ccc(F)cc1)NCc1ccncc1.O=C(O)C(F)(F)F. The summed E-state index contributed by atoms with van der Waals surface area (Å²) in [6.07, 6.45) is 0.703. The highest BCUT2D eigenvalue weighted by Crippen LogP contribution is 2.24. The van der Waals surface area contributed by atoms with Gasteiger partial charge in [-0.05, 0) is 48.4 Å². The summed E-state index contributed by atoms with van der Waals surface area (Å²) in [6, 6.07) is 9.69. The summed E-state index contributed by atoms with van der Waals surface area (Å²) in [5, 5.41) is 13.8. The van der Waals surface area contributed by atoms with Crippen molar-refractivity contribution >= 4 is 11.9 Å². The van der Waals surface area contributed by atoms with E-state index in [0.29, 0.717) is 25.1 Å². The number of amides is 1. The van der Waals surface area contributed by atoms with Gasteiger partial charge in [0.1, 0.15) is 5.82 Å². The molecule has 3 rings (SSSR count). The molecule has 0 unspecified atom stereocenters. The number of benzene rings is 1. The molecular weight excluding hydrogens is 422 g/mol. The predicted molar refractivity (Wildman–Crippen MR) is 100.0 cm³/mol. The number of halogens is 4. The minimum absolute atomic E-state index is 0.0573. The van der Waals surface area contributed by atoms with Gasteiger partial charge in [-0.1, -0.05) is 5.16 Å². The van der Waals surface area contributed by atoms with Gasteiger partial charge in [0.05, 0.1) is 6.20 Å². The summed E-state index contributed by atoms with van der Waals surface area (Å²) in [7, 11) is 0. The molecule has 2 aromatic heterocycles. The molecule has 3 aromatic rings. The van der Waals surface area contributed by atoms with Crippen LogP contribution in [0.4, 0.5) is 17.6 Å². The molecule has 1 amide bonds. The van der Waals surface area contributed by atoms with Crippen molar-refractivity contribution in [3.63, 3.8) is 0 Å². The summed E-state index contributed by atoms with van der Waals surface area (Å²) >= 11 is 0. The van der Waals surface area contributed by atoms with Crippen LogP contribution in [0.15, 0.2) is 59.5 Å². The molecule has 7 nitrogen and oxygen atoms in total. The van der Waals surface area contributed by atoms with Gasteiger partial charge in [0.25, 0.3) is 0 Å². The maximum absolute atomic E-state index is 13.0. The van der Waals surface area contributed by atoms with Crippen LogP contribution >= 0.6 is 0 Å². The number of aliphatic carboxylic acids is 1. The van der Waals surface area contributed by atoms with E-state index in [0.717, 1.165) is 16.7 Å². The molecule has 0 aliphatic heterocycles. The zero-order chi connectivity index (χ0) is 22.9. The quantitative estimate of drug-likeness (QED) is 0.567. The van der Waals surface area contributed by atoms with Crippen LogP contribution in [0.3, 0.4) is 0 Å². The Morgan fingerprint density at radius 3 is 2.26 bits per heavy atom. The number of hydrogen-bond acceptors (Lipinski definition) is 5. The van der Waals surface area contributed by atoms with Crippen LogP contribution in [-0.4, -0.2) is 33.3 Å². The Balaban J connectivity index is 0.000000423. The zero-order valence-electron chi connectivity index (χ0n) is 15.9. The number of nitrogens with one attached hydrogen (secondary N) is 1. The molecule has 0 saturated carbocycles. The normalized spacial score (nSPS) is 10.7. The molecule has 1 aromatic carbocycles. The Morgan fingerprint density at radius 2 is 1.68 bits per heavy atom. The lowest BCUT2D eigenvalue weighted by molar-refractivity contribution is -0.192. The molecule has 0 bridgehead atoms. The Kier molecular flexibility index (Phi) is 8.24. The van der Waals surface area contributed by atoms with Crippen molar-refractivity contribution in [2.75, 3.05) is 0 Å². The van der Waals surface area contributed by atoms with Gasteiger partial charge >= 0.3 is 12.1 Å². The first-order valence-electron chi connectivity index (χ1n) is 8.82. The Hall–Kier alpha value is -3.76. The van der Waals surface area contributed by atoms with E-state index in [-0.39, 0.29) is 11.7 Å². The average molecular weight is 439 g/mol. The first-order valence-corrected chi connectivity index (χ1v) is 8.82. The molecule has 0 spiro atoms. The Bertz CT molecular complexity index is 990. The first-order chi connectivity index (χ1) is 14.7. The topological polar surface area (TPSA) is 105 Å². The number of rotatable bonds is 6. The monoisotopic (exact) mass is 439 g/mol. The first kappa shape index (κ1) is 23.5. The minimum atomic E-state index is -5.08. The van der Waals surface area contributed by atoms with Gasteiger partial charge < -0.3 is 14.9 Å². The smallest absolute Gasteiger partial charge is 0.475 e. The van der Waals surface area contributed by atoms with Crippen LogP contribution in [0, 0.1) is 5.82 Å². The summed E-state index contributed by atoms with van der Waals surface area (Å²) < 4.78 is 50.0. The number of carboxylic acid groups (broad SMARTS) is 1. The zero-order valence-corrected chi connectivity index (χ0v) is 15.9. The maximum atomic E-state index is 13.0. The van der Waals surface area contributed by atoms with Crippen molar-refractivity contribution in [1.29, 1.82) is 0 Å². The van der Waals surface area contributed by atoms with E-state index in [1.807, 2.05) is 12.1 Å². The number of hydrogen-bond donors (Lipinski definition) is 2. The number of aryl methyl sites for hydroxylation is 1. The van der Waals surface area contributed by atoms with Crippen molar-refractivity contribution < 1.29 is 36.8 Å². The third-order valence-corrected chi connectivity index (χ3v) is 3.85. The molecule has 164 valence electrons. The molecule has 0 aliphatic rings. The van der Waals surface area contributed by atoms with E-state index < -0.39 is 12.1 Å². The third-order valence-electron chi connectivity index (χ3n) is 3.85. The van der Waals surface area contributed by atoms with Gasteiger partial charge in [-0.15, -0.1) is 0 Å². The van der Waals surface area contributed by atoms with Gasteiger partial charge in [-0.2, -0.15) is 13.2 Å². The highest BCUT2D eigenvalue weighted by atomic mass is 19.4. The fourth-order valence-corrected chi connectivity index (χ4v) is 2.32. The van der Waals surface area contributed by atoms with E-state index in [1.54, 1.807) is 30.7 Å². The summed E-state index contributed by atoms with van der Waals surface area (Å²) in [5.41, 5.74) is 2.55. The number of alkyl halides is 3. The summed E-state index contributed by atoms with van der Waals surface area (Å²) in [6.45, 7) is 0.468. The second-order valence-corrected chi connectivity index (χ2v) is 6.12. The minimum Gasteiger partial charge on any atom is -0.475 e. The van der Waals surface area contributed by atoms with E-state index in [9.17, 15) is 22.4 Å². The predicted octanol–water partition coefficient (Wildman–Crippen LogP) is 3.76. The van der Waals surface area contributed by atoms with Crippen LogP contribution in [0.25, 0.3) is 11.3 Å². The van der Waals surface area contributed by atoms with Gasteiger partial charge in [0, 0.05) is 36.5 Å². The molecule has 11 heteroatoms. The maximum Gasteiger partial charge on any atom is 0.490 e. The number of aromatic nitrogens is 2. The molecule has 31 heavy (non-hydrogen) atoms. The lowest BCUT2D eigenvalue weighted by Crippen LogP contribution is -2.23. The fourth-order valence-electron chi connectivity index (χ4n) is 2.32. The van der Waals surface area contributed by atoms with Crippen molar-refractivity contribution in [2.45, 2.75) is 25.6 Å². The van der Waals surface area contributed by atoms with Crippen LogP contribution in [0.2, 0.25) is 0 Å². The van der Waals surface area contributed by atoms with E-state index in [2.05, 4.69) is 15.5 Å². The summed E-state index contributed by atoms with van der Waals surface area (Å²) in [4.78, 5) is 24.8. The number of carbonyl (C=O) groups excluding carboxylic acids is 1. The lowest BCUT2D eigenvalue weighted by Gasteiger charge is -2.05.